The molecule has 4 aromatic rings. The number of rotatable bonds is 3. The van der Waals surface area contributed by atoms with Crippen molar-refractivity contribution in [2.75, 3.05) is 0 Å². The maximum atomic E-state index is 4.88. The van der Waals surface area contributed by atoms with Gasteiger partial charge in [0.1, 0.15) is 0 Å². The third-order valence-electron chi connectivity index (χ3n) is 4.94. The molecule has 1 aromatic heterocycles. The summed E-state index contributed by atoms with van der Waals surface area (Å²) in [5.41, 5.74) is 7.77. The van der Waals surface area contributed by atoms with Crippen LogP contribution >= 0.6 is 0 Å². The zero-order chi connectivity index (χ0) is 19.7. The van der Waals surface area contributed by atoms with E-state index in [2.05, 4.69) is 64.1 Å². The lowest BCUT2D eigenvalue weighted by Gasteiger charge is -2.12. The Balaban J connectivity index is 1.99. The van der Waals surface area contributed by atoms with E-state index in [1.807, 2.05) is 30.3 Å². The summed E-state index contributed by atoms with van der Waals surface area (Å²) in [6.45, 7) is 8.37. The van der Waals surface area contributed by atoms with Crippen LogP contribution in [-0.4, -0.2) is 15.0 Å². The molecule has 0 bridgehead atoms. The lowest BCUT2D eigenvalue weighted by atomic mass is 10.0. The zero-order valence-electron chi connectivity index (χ0n) is 16.7. The molecule has 0 aliphatic carbocycles. The van der Waals surface area contributed by atoms with E-state index >= 15 is 0 Å². The predicted molar refractivity (Wildman–Crippen MR) is 115 cm³/mol. The van der Waals surface area contributed by atoms with Gasteiger partial charge in [0.05, 0.1) is 0 Å². The molecule has 0 atom stereocenters. The minimum Gasteiger partial charge on any atom is -0.208 e. The van der Waals surface area contributed by atoms with E-state index in [-0.39, 0.29) is 0 Å². The van der Waals surface area contributed by atoms with E-state index in [0.717, 1.165) is 27.8 Å². The van der Waals surface area contributed by atoms with Crippen LogP contribution in [0.5, 0.6) is 0 Å². The van der Waals surface area contributed by atoms with Gasteiger partial charge in [0.2, 0.25) is 0 Å². The fraction of sp³-hybridized carbons (Fsp3) is 0.160. The number of hydrogen-bond donors (Lipinski definition) is 0. The van der Waals surface area contributed by atoms with Gasteiger partial charge in [0.15, 0.2) is 17.5 Å². The highest BCUT2D eigenvalue weighted by Crippen LogP contribution is 2.28. The topological polar surface area (TPSA) is 38.7 Å². The fourth-order valence-electron chi connectivity index (χ4n) is 3.29. The first-order chi connectivity index (χ1) is 13.5. The maximum Gasteiger partial charge on any atom is 0.164 e. The van der Waals surface area contributed by atoms with Crippen LogP contribution in [-0.2, 0) is 0 Å². The molecule has 3 nitrogen and oxygen atoms in total. The number of hydrogen-bond acceptors (Lipinski definition) is 3. The van der Waals surface area contributed by atoms with Gasteiger partial charge >= 0.3 is 0 Å². The Hall–Kier alpha value is -3.33. The van der Waals surface area contributed by atoms with Crippen molar-refractivity contribution in [1.82, 2.24) is 15.0 Å². The van der Waals surface area contributed by atoms with Crippen LogP contribution < -0.4 is 0 Å². The normalized spacial score (nSPS) is 10.9. The highest BCUT2D eigenvalue weighted by atomic mass is 15.0. The SMILES string of the molecule is Cc1ccc(C)c(-c2nc(-c3ccccc3)nc(-c3cc(C)ccc3C)n2)c1. The number of aromatic nitrogens is 3. The Morgan fingerprint density at radius 3 is 1.46 bits per heavy atom. The minimum atomic E-state index is 0.697. The second-order valence-electron chi connectivity index (χ2n) is 7.31. The molecule has 0 aliphatic heterocycles. The van der Waals surface area contributed by atoms with Crippen molar-refractivity contribution in [3.63, 3.8) is 0 Å². The Morgan fingerprint density at radius 2 is 0.964 bits per heavy atom. The predicted octanol–water partition coefficient (Wildman–Crippen LogP) is 6.11. The first kappa shape index (κ1) is 18.1. The molecule has 3 aromatic carbocycles. The van der Waals surface area contributed by atoms with Gasteiger partial charge in [0, 0.05) is 16.7 Å². The standard InChI is InChI=1S/C25H23N3/c1-16-10-12-18(3)21(14-16)24-26-23(20-8-6-5-7-9-20)27-25(28-24)22-15-17(2)11-13-19(22)4/h5-15H,1-4H3. The molecule has 0 fully saturated rings. The molecule has 1 heterocycles. The van der Waals surface area contributed by atoms with Gasteiger partial charge < -0.3 is 0 Å². The summed E-state index contributed by atoms with van der Waals surface area (Å²) in [6.07, 6.45) is 0. The van der Waals surface area contributed by atoms with Gasteiger partial charge in [-0.25, -0.2) is 15.0 Å². The van der Waals surface area contributed by atoms with Crippen LogP contribution in [0.15, 0.2) is 66.7 Å². The van der Waals surface area contributed by atoms with Gasteiger partial charge in [-0.15, -0.1) is 0 Å². The molecule has 0 N–H and O–H groups in total. The van der Waals surface area contributed by atoms with Crippen molar-refractivity contribution in [2.45, 2.75) is 27.7 Å². The second kappa shape index (κ2) is 7.35. The lowest BCUT2D eigenvalue weighted by molar-refractivity contribution is 1.07. The van der Waals surface area contributed by atoms with Crippen LogP contribution in [0.4, 0.5) is 0 Å². The van der Waals surface area contributed by atoms with Crippen molar-refractivity contribution < 1.29 is 0 Å². The van der Waals surface area contributed by atoms with Crippen LogP contribution in [0, 0.1) is 27.7 Å². The number of benzene rings is 3. The first-order valence-corrected chi connectivity index (χ1v) is 9.48. The first-order valence-electron chi connectivity index (χ1n) is 9.48. The molecule has 28 heavy (non-hydrogen) atoms. The smallest absolute Gasteiger partial charge is 0.164 e. The van der Waals surface area contributed by atoms with Crippen LogP contribution in [0.25, 0.3) is 34.2 Å². The molecule has 0 amide bonds. The molecule has 0 saturated heterocycles. The highest BCUT2D eigenvalue weighted by Gasteiger charge is 2.15. The average Bonchev–Trinajstić information content (AvgIpc) is 2.72. The molecule has 0 spiro atoms. The second-order valence-corrected chi connectivity index (χ2v) is 7.31. The van der Waals surface area contributed by atoms with Gasteiger partial charge in [-0.2, -0.15) is 0 Å². The minimum absolute atomic E-state index is 0.697. The quantitative estimate of drug-likeness (QED) is 0.440. The summed E-state index contributed by atoms with van der Waals surface area (Å²) < 4.78 is 0. The molecule has 0 unspecified atom stereocenters. The molecule has 0 aliphatic rings. The number of aryl methyl sites for hydroxylation is 4. The molecule has 4 rings (SSSR count). The summed E-state index contributed by atoms with van der Waals surface area (Å²) in [5, 5.41) is 0. The van der Waals surface area contributed by atoms with Gasteiger partial charge in [-0.1, -0.05) is 65.7 Å². The Bertz CT molecular complexity index is 1080. The summed E-state index contributed by atoms with van der Waals surface area (Å²) in [6, 6.07) is 22.9. The molecular weight excluding hydrogens is 342 g/mol. The summed E-state index contributed by atoms with van der Waals surface area (Å²) in [5.74, 6) is 2.12. The third kappa shape index (κ3) is 3.56. The van der Waals surface area contributed by atoms with Crippen molar-refractivity contribution in [3.05, 3.63) is 89.0 Å². The van der Waals surface area contributed by atoms with Crippen LogP contribution in [0.2, 0.25) is 0 Å². The maximum absolute atomic E-state index is 4.88. The molecule has 138 valence electrons. The molecule has 0 radical (unpaired) electrons. The summed E-state index contributed by atoms with van der Waals surface area (Å²) in [7, 11) is 0. The van der Waals surface area contributed by atoms with Crippen molar-refractivity contribution >= 4 is 0 Å². The van der Waals surface area contributed by atoms with E-state index in [4.69, 9.17) is 15.0 Å². The van der Waals surface area contributed by atoms with Crippen molar-refractivity contribution in [3.8, 4) is 34.2 Å². The van der Waals surface area contributed by atoms with Crippen LogP contribution in [0.1, 0.15) is 22.3 Å². The van der Waals surface area contributed by atoms with Crippen molar-refractivity contribution in [2.24, 2.45) is 0 Å². The zero-order valence-corrected chi connectivity index (χ0v) is 16.7. The van der Waals surface area contributed by atoms with E-state index in [9.17, 15) is 0 Å². The third-order valence-corrected chi connectivity index (χ3v) is 4.94. The highest BCUT2D eigenvalue weighted by molar-refractivity contribution is 5.69. The fourth-order valence-corrected chi connectivity index (χ4v) is 3.29. The van der Waals surface area contributed by atoms with Gasteiger partial charge in [-0.3, -0.25) is 0 Å². The molecule has 3 heteroatoms. The van der Waals surface area contributed by atoms with Crippen LogP contribution in [0.3, 0.4) is 0 Å². The van der Waals surface area contributed by atoms with E-state index in [1.54, 1.807) is 0 Å². The van der Waals surface area contributed by atoms with Gasteiger partial charge in [0.25, 0.3) is 0 Å². The summed E-state index contributed by atoms with van der Waals surface area (Å²) >= 11 is 0. The largest absolute Gasteiger partial charge is 0.208 e. The summed E-state index contributed by atoms with van der Waals surface area (Å²) in [4.78, 5) is 14.5. The lowest BCUT2D eigenvalue weighted by Crippen LogP contribution is -2.02. The van der Waals surface area contributed by atoms with E-state index in [0.29, 0.717) is 17.5 Å². The van der Waals surface area contributed by atoms with Gasteiger partial charge in [-0.05, 0) is 51.0 Å². The Kier molecular flexibility index (Phi) is 4.74. The van der Waals surface area contributed by atoms with E-state index in [1.165, 1.54) is 11.1 Å². The number of nitrogens with zero attached hydrogens (tertiary/aromatic N) is 3. The molecular formula is C25H23N3. The van der Waals surface area contributed by atoms with Crippen molar-refractivity contribution in [1.29, 1.82) is 0 Å². The Labute approximate surface area is 166 Å². The monoisotopic (exact) mass is 365 g/mol. The molecule has 0 saturated carbocycles. The van der Waals surface area contributed by atoms with E-state index < -0.39 is 0 Å². The Morgan fingerprint density at radius 1 is 0.500 bits per heavy atom. The average molecular weight is 365 g/mol.